The topological polar surface area (TPSA) is 92.5 Å². The Bertz CT molecular complexity index is 1470. The van der Waals surface area contributed by atoms with Crippen molar-refractivity contribution in [3.63, 3.8) is 0 Å². The molecule has 0 saturated heterocycles. The zero-order valence-corrected chi connectivity index (χ0v) is 23.0. The van der Waals surface area contributed by atoms with Crippen LogP contribution in [0, 0.1) is 6.92 Å². The van der Waals surface area contributed by atoms with Crippen LogP contribution in [0.5, 0.6) is 28.7 Å². The SMILES string of the molecule is C=C(C)C(=O)Oc1ccc(C)c(Oc2cc(OC(=O)C(=C)C)ccc2Sc2ccc(OC(=[OH+])C(=C)C)cc2)c1. The second-order valence-corrected chi connectivity index (χ2v) is 9.85. The van der Waals surface area contributed by atoms with Gasteiger partial charge >= 0.3 is 17.9 Å². The summed E-state index contributed by atoms with van der Waals surface area (Å²) in [6.45, 7) is 17.5. The van der Waals surface area contributed by atoms with Gasteiger partial charge in [-0.15, -0.1) is 0 Å². The van der Waals surface area contributed by atoms with Crippen LogP contribution in [-0.2, 0) is 9.59 Å². The highest BCUT2D eigenvalue weighted by molar-refractivity contribution is 7.99. The third kappa shape index (κ3) is 8.21. The van der Waals surface area contributed by atoms with E-state index in [-0.39, 0.29) is 22.9 Å². The Morgan fingerprint density at radius 2 is 1.21 bits per heavy atom. The molecule has 0 aliphatic heterocycles. The molecule has 3 aromatic carbocycles. The summed E-state index contributed by atoms with van der Waals surface area (Å²) in [4.78, 5) is 35.5. The molecule has 7 nitrogen and oxygen atoms in total. The van der Waals surface area contributed by atoms with Gasteiger partial charge in [0.15, 0.2) is 0 Å². The predicted molar refractivity (Wildman–Crippen MR) is 152 cm³/mol. The Kier molecular flexibility index (Phi) is 9.52. The van der Waals surface area contributed by atoms with E-state index in [1.54, 1.807) is 69.3 Å². The highest BCUT2D eigenvalue weighted by Gasteiger charge is 2.17. The van der Waals surface area contributed by atoms with Gasteiger partial charge in [0.2, 0.25) is 5.75 Å². The number of hydrogen-bond donors (Lipinski definition) is 0. The van der Waals surface area contributed by atoms with Gasteiger partial charge in [-0.1, -0.05) is 37.6 Å². The van der Waals surface area contributed by atoms with E-state index in [9.17, 15) is 14.4 Å². The first kappa shape index (κ1) is 29.0. The van der Waals surface area contributed by atoms with Gasteiger partial charge in [-0.3, -0.25) is 4.74 Å². The number of carbonyl (C=O) groups excluding carboxylic acids is 3. The van der Waals surface area contributed by atoms with E-state index < -0.39 is 11.9 Å². The molecule has 3 rings (SSSR count). The number of esters is 3. The van der Waals surface area contributed by atoms with Crippen molar-refractivity contribution >= 4 is 29.7 Å². The van der Waals surface area contributed by atoms with Crippen molar-refractivity contribution in [3.8, 4) is 28.7 Å². The van der Waals surface area contributed by atoms with Gasteiger partial charge in [-0.2, -0.15) is 0 Å². The van der Waals surface area contributed by atoms with Gasteiger partial charge in [0.1, 0.15) is 23.0 Å². The molecule has 39 heavy (non-hydrogen) atoms. The maximum absolute atomic E-state index is 12.1. The van der Waals surface area contributed by atoms with Crippen LogP contribution in [0.25, 0.3) is 0 Å². The monoisotopic (exact) mass is 545 g/mol. The molecule has 0 radical (unpaired) electrons. The van der Waals surface area contributed by atoms with Crippen LogP contribution in [0.15, 0.2) is 107 Å². The largest absolute Gasteiger partial charge is 0.518 e. The summed E-state index contributed by atoms with van der Waals surface area (Å²) in [6, 6.07) is 17.2. The van der Waals surface area contributed by atoms with Crippen LogP contribution in [0.2, 0.25) is 0 Å². The molecule has 0 fully saturated rings. The molecular formula is C31H29O7S+. The smallest absolute Gasteiger partial charge is 0.456 e. The van der Waals surface area contributed by atoms with Gasteiger partial charge < -0.3 is 19.0 Å². The fourth-order valence-electron chi connectivity index (χ4n) is 2.88. The van der Waals surface area contributed by atoms with Crippen LogP contribution in [0.3, 0.4) is 0 Å². The first-order chi connectivity index (χ1) is 18.4. The summed E-state index contributed by atoms with van der Waals surface area (Å²) in [5.41, 5.74) is 1.74. The van der Waals surface area contributed by atoms with Gasteiger partial charge in [0.25, 0.3) is 0 Å². The Balaban J connectivity index is 1.93. The third-order valence-electron chi connectivity index (χ3n) is 5.04. The van der Waals surface area contributed by atoms with E-state index in [0.29, 0.717) is 28.6 Å². The second-order valence-electron chi connectivity index (χ2n) is 8.74. The molecule has 8 heteroatoms. The molecule has 0 bridgehead atoms. The summed E-state index contributed by atoms with van der Waals surface area (Å²) in [7, 11) is 0. The lowest BCUT2D eigenvalue weighted by atomic mass is 10.2. The minimum atomic E-state index is -0.559. The molecule has 0 amide bonds. The fourth-order valence-corrected chi connectivity index (χ4v) is 3.74. The van der Waals surface area contributed by atoms with Gasteiger partial charge in [0, 0.05) is 40.3 Å². The van der Waals surface area contributed by atoms with Gasteiger partial charge in [0.05, 0.1) is 10.5 Å². The maximum Gasteiger partial charge on any atom is 0.518 e. The molecule has 0 atom stereocenters. The van der Waals surface area contributed by atoms with Crippen molar-refractivity contribution in [1.29, 1.82) is 0 Å². The fraction of sp³-hybridized carbons (Fsp3) is 0.129. The standard InChI is InChI=1S/C31H28O7S/c1-18(2)29(32)35-22-10-13-25(14-11-22)39-28-15-12-24(37-31(34)20(5)6)17-27(28)38-26-16-23(9-8-21(26)7)36-30(33)19(3)4/h8-17H,1,3,5H2,2,4,6-7H3/p+1. The van der Waals surface area contributed by atoms with E-state index in [1.807, 2.05) is 19.1 Å². The molecule has 0 spiro atoms. The van der Waals surface area contributed by atoms with Crippen molar-refractivity contribution in [2.24, 2.45) is 0 Å². The van der Waals surface area contributed by atoms with Crippen LogP contribution in [-0.4, -0.2) is 22.7 Å². The Hall–Kier alpha value is -4.56. The molecule has 3 aromatic rings. The normalized spacial score (nSPS) is 10.3. The third-order valence-corrected chi connectivity index (χ3v) is 6.11. The van der Waals surface area contributed by atoms with Crippen molar-refractivity contribution in [2.75, 3.05) is 0 Å². The number of carbonyl (C=O) groups is 2. The van der Waals surface area contributed by atoms with Crippen LogP contribution in [0.4, 0.5) is 0 Å². The molecule has 0 saturated carbocycles. The van der Waals surface area contributed by atoms with Crippen LogP contribution in [0.1, 0.15) is 26.3 Å². The molecule has 0 unspecified atom stereocenters. The number of rotatable bonds is 10. The second kappa shape index (κ2) is 12.8. The number of hydrogen-bond acceptors (Lipinski definition) is 7. The summed E-state index contributed by atoms with van der Waals surface area (Å²) < 4.78 is 22.4. The Morgan fingerprint density at radius 1 is 0.692 bits per heavy atom. The highest BCUT2D eigenvalue weighted by Crippen LogP contribution is 2.41. The van der Waals surface area contributed by atoms with E-state index in [1.165, 1.54) is 11.8 Å². The quantitative estimate of drug-likeness (QED) is 0.114. The van der Waals surface area contributed by atoms with E-state index >= 15 is 0 Å². The summed E-state index contributed by atoms with van der Waals surface area (Å²) in [6.07, 6.45) is 0. The molecular weight excluding hydrogens is 516 g/mol. The van der Waals surface area contributed by atoms with Crippen molar-refractivity contribution in [2.45, 2.75) is 37.5 Å². The minimum absolute atomic E-state index is 0.252. The zero-order valence-electron chi connectivity index (χ0n) is 22.2. The molecule has 1 N–H and O–H groups in total. The first-order valence-corrected chi connectivity index (χ1v) is 12.6. The average molecular weight is 546 g/mol. The Morgan fingerprint density at radius 3 is 1.74 bits per heavy atom. The summed E-state index contributed by atoms with van der Waals surface area (Å²) >= 11 is 1.40. The lowest BCUT2D eigenvalue weighted by Gasteiger charge is -2.15. The van der Waals surface area contributed by atoms with Crippen molar-refractivity contribution in [3.05, 3.63) is 103 Å². The molecule has 0 aliphatic carbocycles. The van der Waals surface area contributed by atoms with Crippen molar-refractivity contribution in [1.82, 2.24) is 0 Å². The minimum Gasteiger partial charge on any atom is -0.456 e. The number of benzene rings is 3. The summed E-state index contributed by atoms with van der Waals surface area (Å²) in [5.74, 6) is 0.530. The molecule has 0 aliphatic rings. The molecule has 0 aromatic heterocycles. The summed E-state index contributed by atoms with van der Waals surface area (Å²) in [5, 5.41) is 0. The van der Waals surface area contributed by atoms with E-state index in [0.717, 1.165) is 15.4 Å². The lowest BCUT2D eigenvalue weighted by molar-refractivity contribution is -0.130. The Labute approximate surface area is 231 Å². The van der Waals surface area contributed by atoms with Gasteiger partial charge in [-0.25, -0.2) is 9.59 Å². The highest BCUT2D eigenvalue weighted by atomic mass is 32.2. The van der Waals surface area contributed by atoms with E-state index in [2.05, 4.69) is 19.7 Å². The number of ether oxygens (including phenoxy) is 4. The molecule has 200 valence electrons. The van der Waals surface area contributed by atoms with Crippen LogP contribution < -0.4 is 18.9 Å². The molecule has 0 heterocycles. The number of aryl methyl sites for hydroxylation is 1. The van der Waals surface area contributed by atoms with E-state index in [4.69, 9.17) is 18.9 Å². The first-order valence-electron chi connectivity index (χ1n) is 11.8. The lowest BCUT2D eigenvalue weighted by Crippen LogP contribution is -2.08. The van der Waals surface area contributed by atoms with Crippen molar-refractivity contribution < 1.29 is 33.3 Å². The van der Waals surface area contributed by atoms with Crippen LogP contribution >= 0.6 is 11.8 Å². The predicted octanol–water partition coefficient (Wildman–Crippen LogP) is 7.36. The maximum atomic E-state index is 12.1. The zero-order chi connectivity index (χ0) is 28.7. The average Bonchev–Trinajstić information content (AvgIpc) is 2.88. The van der Waals surface area contributed by atoms with Gasteiger partial charge in [-0.05, 0) is 63.6 Å².